The van der Waals surface area contributed by atoms with Crippen LogP contribution in [-0.2, 0) is 0 Å². The van der Waals surface area contributed by atoms with Crippen molar-refractivity contribution in [3.63, 3.8) is 0 Å². The van der Waals surface area contributed by atoms with Crippen LogP contribution >= 0.6 is 0 Å². The van der Waals surface area contributed by atoms with E-state index in [-0.39, 0.29) is 5.76 Å². The summed E-state index contributed by atoms with van der Waals surface area (Å²) in [6.07, 6.45) is 33.4. The minimum absolute atomic E-state index is 0.250. The highest BCUT2D eigenvalue weighted by Crippen LogP contribution is 2.18. The van der Waals surface area contributed by atoms with Crippen molar-refractivity contribution in [2.45, 2.75) is 67.2 Å². The lowest BCUT2D eigenvalue weighted by Gasteiger charge is -2.05. The molecule has 37 heavy (non-hydrogen) atoms. The maximum atomic E-state index is 10.6. The fourth-order valence-electron chi connectivity index (χ4n) is 3.26. The quantitative estimate of drug-likeness (QED) is 0.128. The zero-order valence-corrected chi connectivity index (χ0v) is 24.1. The second-order valence-corrected chi connectivity index (χ2v) is 9.11. The molecular weight excluding hydrogens is 448 g/mol. The zero-order valence-electron chi connectivity index (χ0n) is 24.1. The second-order valence-electron chi connectivity index (χ2n) is 9.11. The van der Waals surface area contributed by atoms with Crippen LogP contribution in [0.2, 0.25) is 0 Å². The molecular formula is C36H48O. The third-order valence-electron chi connectivity index (χ3n) is 5.69. The summed E-state index contributed by atoms with van der Waals surface area (Å²) in [6, 6.07) is 0. The van der Waals surface area contributed by atoms with Gasteiger partial charge in [-0.3, -0.25) is 0 Å². The monoisotopic (exact) mass is 496 g/mol. The Morgan fingerprint density at radius 3 is 2.14 bits per heavy atom. The average Bonchev–Trinajstić information content (AvgIpc) is 2.86. The van der Waals surface area contributed by atoms with Gasteiger partial charge in [-0.1, -0.05) is 133 Å². The summed E-state index contributed by atoms with van der Waals surface area (Å²) in [5, 5.41) is 10.6. The smallest absolute Gasteiger partial charge is 0.118 e. The number of hydrogen-bond acceptors (Lipinski definition) is 1. The molecule has 0 saturated carbocycles. The van der Waals surface area contributed by atoms with Crippen LogP contribution in [0.4, 0.5) is 0 Å². The van der Waals surface area contributed by atoms with Crippen molar-refractivity contribution in [2.75, 3.05) is 0 Å². The highest BCUT2D eigenvalue weighted by atomic mass is 16.3. The predicted molar refractivity (Wildman–Crippen MR) is 169 cm³/mol. The van der Waals surface area contributed by atoms with Gasteiger partial charge in [0.1, 0.15) is 5.76 Å². The van der Waals surface area contributed by atoms with Gasteiger partial charge in [0.2, 0.25) is 0 Å². The maximum Gasteiger partial charge on any atom is 0.118 e. The van der Waals surface area contributed by atoms with Gasteiger partial charge in [0.25, 0.3) is 0 Å². The Balaban J connectivity index is 5.07. The van der Waals surface area contributed by atoms with Gasteiger partial charge in [-0.15, -0.1) is 0 Å². The van der Waals surface area contributed by atoms with Gasteiger partial charge in [-0.05, 0) is 84.4 Å². The topological polar surface area (TPSA) is 20.2 Å². The standard InChI is InChI=1S/C36H48O/c1-10-13-14-15-21-30(5)26-27-35(20-12-3)34(9)36(37)25-18-23-29(4)22-16-17-24-32(7)33(8)28-31(6)19-11-2/h10-15,17-20,22,24-27,37H,3,5-6,16,21,23,28H2,1-2,4,7-9H3/b13-10+,15-14-,19-11-,24-17-,25-18-,27-26+,29-22+,33-32-,35-20+,36-34-. The van der Waals surface area contributed by atoms with E-state index in [2.05, 4.69) is 70.9 Å². The van der Waals surface area contributed by atoms with E-state index in [0.717, 1.165) is 48.0 Å². The summed E-state index contributed by atoms with van der Waals surface area (Å²) < 4.78 is 0. The Labute approximate surface area is 227 Å². The van der Waals surface area contributed by atoms with Crippen LogP contribution in [-0.4, -0.2) is 5.11 Å². The molecule has 0 aromatic carbocycles. The van der Waals surface area contributed by atoms with E-state index < -0.39 is 0 Å². The van der Waals surface area contributed by atoms with Gasteiger partial charge in [0, 0.05) is 0 Å². The Morgan fingerprint density at radius 2 is 1.49 bits per heavy atom. The Morgan fingerprint density at radius 1 is 0.757 bits per heavy atom. The van der Waals surface area contributed by atoms with Crippen molar-refractivity contribution in [1.29, 1.82) is 0 Å². The summed E-state index contributed by atoms with van der Waals surface area (Å²) in [5.41, 5.74) is 7.71. The Hall–Kier alpha value is -3.58. The Bertz CT molecular complexity index is 1070. The largest absolute Gasteiger partial charge is 0.508 e. The third kappa shape index (κ3) is 16.7. The molecule has 0 aliphatic heterocycles. The average molecular weight is 497 g/mol. The molecule has 1 heteroatoms. The number of aliphatic hydroxyl groups is 1. The summed E-state index contributed by atoms with van der Waals surface area (Å²) in [6.45, 7) is 24.3. The fraction of sp³-hybridized carbons (Fsp3) is 0.278. The predicted octanol–water partition coefficient (Wildman–Crippen LogP) is 11.3. The summed E-state index contributed by atoms with van der Waals surface area (Å²) in [4.78, 5) is 0. The maximum absolute atomic E-state index is 10.6. The fourth-order valence-corrected chi connectivity index (χ4v) is 3.26. The van der Waals surface area contributed by atoms with E-state index >= 15 is 0 Å². The molecule has 1 N–H and O–H groups in total. The van der Waals surface area contributed by atoms with Crippen LogP contribution in [0.3, 0.4) is 0 Å². The Kier molecular flexibility index (Phi) is 18.6. The molecule has 0 amide bonds. The highest BCUT2D eigenvalue weighted by molar-refractivity contribution is 5.45. The molecule has 0 bridgehead atoms. The van der Waals surface area contributed by atoms with E-state index in [1.54, 1.807) is 12.2 Å². The van der Waals surface area contributed by atoms with E-state index in [0.29, 0.717) is 0 Å². The molecule has 0 aromatic heterocycles. The molecule has 0 atom stereocenters. The molecule has 0 aromatic rings. The van der Waals surface area contributed by atoms with Crippen molar-refractivity contribution < 1.29 is 5.11 Å². The van der Waals surface area contributed by atoms with Gasteiger partial charge in [-0.25, -0.2) is 0 Å². The molecule has 0 rings (SSSR count). The molecule has 0 aliphatic rings. The second kappa shape index (κ2) is 20.6. The number of rotatable bonds is 16. The van der Waals surface area contributed by atoms with Gasteiger partial charge in [-0.2, -0.15) is 0 Å². The van der Waals surface area contributed by atoms with Gasteiger partial charge in [0.15, 0.2) is 0 Å². The lowest BCUT2D eigenvalue weighted by atomic mass is 10.0. The van der Waals surface area contributed by atoms with Crippen LogP contribution < -0.4 is 0 Å². The first-order valence-electron chi connectivity index (χ1n) is 13.0. The molecule has 0 saturated heterocycles. The van der Waals surface area contributed by atoms with E-state index in [4.69, 9.17) is 0 Å². The molecule has 198 valence electrons. The minimum atomic E-state index is 0.250. The lowest BCUT2D eigenvalue weighted by Crippen LogP contribution is -1.89. The van der Waals surface area contributed by atoms with Crippen molar-refractivity contribution in [1.82, 2.24) is 0 Å². The van der Waals surface area contributed by atoms with Gasteiger partial charge >= 0.3 is 0 Å². The zero-order chi connectivity index (χ0) is 28.1. The lowest BCUT2D eigenvalue weighted by molar-refractivity contribution is 0.426. The van der Waals surface area contributed by atoms with E-state index in [9.17, 15) is 5.11 Å². The molecule has 0 radical (unpaired) electrons. The third-order valence-corrected chi connectivity index (χ3v) is 5.69. The molecule has 0 aliphatic carbocycles. The molecule has 0 fully saturated rings. The van der Waals surface area contributed by atoms with Gasteiger partial charge in [0.05, 0.1) is 0 Å². The molecule has 1 nitrogen and oxygen atoms in total. The van der Waals surface area contributed by atoms with Crippen LogP contribution in [0.25, 0.3) is 0 Å². The van der Waals surface area contributed by atoms with Crippen molar-refractivity contribution in [3.8, 4) is 0 Å². The van der Waals surface area contributed by atoms with Crippen LogP contribution in [0.15, 0.2) is 156 Å². The summed E-state index contributed by atoms with van der Waals surface area (Å²) >= 11 is 0. The molecule has 0 spiro atoms. The highest BCUT2D eigenvalue weighted by Gasteiger charge is 2.01. The summed E-state index contributed by atoms with van der Waals surface area (Å²) in [7, 11) is 0. The van der Waals surface area contributed by atoms with Crippen molar-refractivity contribution in [3.05, 3.63) is 156 Å². The minimum Gasteiger partial charge on any atom is -0.508 e. The van der Waals surface area contributed by atoms with Crippen LogP contribution in [0.5, 0.6) is 0 Å². The van der Waals surface area contributed by atoms with Gasteiger partial charge < -0.3 is 5.11 Å². The number of aliphatic hydroxyl groups excluding tert-OH is 1. The van der Waals surface area contributed by atoms with Crippen molar-refractivity contribution >= 4 is 0 Å². The molecule has 0 unspecified atom stereocenters. The van der Waals surface area contributed by atoms with Crippen LogP contribution in [0.1, 0.15) is 67.2 Å². The first-order chi connectivity index (χ1) is 17.7. The van der Waals surface area contributed by atoms with E-state index in [1.807, 2.05) is 69.4 Å². The first-order valence-corrected chi connectivity index (χ1v) is 13.0. The number of hydrogen-bond donors (Lipinski definition) is 1. The van der Waals surface area contributed by atoms with E-state index in [1.165, 1.54) is 16.7 Å². The normalized spacial score (nSPS) is 15.1. The SMILES string of the molecule is C=C/C=C(\C=C\C(=C)C/C=C\C=C\C)C(/C)=C(O)/C=C\C/C(C)=C/C/C=C\C(C)=C(\C)CC(=C)/C=C\C. The summed E-state index contributed by atoms with van der Waals surface area (Å²) in [5.74, 6) is 0.250. The number of allylic oxidation sites excluding steroid dienone is 22. The first kappa shape index (κ1) is 33.4. The van der Waals surface area contributed by atoms with Crippen molar-refractivity contribution in [2.24, 2.45) is 0 Å². The molecule has 0 heterocycles. The van der Waals surface area contributed by atoms with Crippen LogP contribution in [0, 0.1) is 0 Å².